The van der Waals surface area contributed by atoms with E-state index in [1.165, 1.54) is 5.56 Å². The van der Waals surface area contributed by atoms with Crippen LogP contribution in [0.25, 0.3) is 0 Å². The molecular formula is C20H26N8O. The molecule has 2 aliphatic heterocycles. The molecule has 0 amide bonds. The number of ether oxygens (including phenoxy) is 1. The number of tetrazole rings is 1. The molecule has 9 heteroatoms. The Morgan fingerprint density at radius 2 is 1.93 bits per heavy atom. The van der Waals surface area contributed by atoms with E-state index in [1.807, 2.05) is 16.8 Å². The zero-order valence-electron chi connectivity index (χ0n) is 17.3. The van der Waals surface area contributed by atoms with Gasteiger partial charge in [0, 0.05) is 30.0 Å². The lowest BCUT2D eigenvalue weighted by atomic mass is 9.95. The fourth-order valence-corrected chi connectivity index (χ4v) is 4.22. The molecule has 0 saturated heterocycles. The molecule has 0 spiro atoms. The van der Waals surface area contributed by atoms with E-state index in [4.69, 9.17) is 4.74 Å². The predicted octanol–water partition coefficient (Wildman–Crippen LogP) is 2.15. The van der Waals surface area contributed by atoms with Gasteiger partial charge in [-0.15, -0.1) is 10.2 Å². The van der Waals surface area contributed by atoms with Crippen molar-refractivity contribution in [2.45, 2.75) is 64.8 Å². The Hall–Kier alpha value is -2.97. The maximum Gasteiger partial charge on any atom is 0.246 e. The fraction of sp³-hybridized carbons (Fsp3) is 0.550. The summed E-state index contributed by atoms with van der Waals surface area (Å²) < 4.78 is 10.2. The fourth-order valence-electron chi connectivity index (χ4n) is 4.22. The molecule has 9 nitrogen and oxygen atoms in total. The number of aromatic nitrogens is 7. The summed E-state index contributed by atoms with van der Waals surface area (Å²) in [5.41, 5.74) is 1.22. The van der Waals surface area contributed by atoms with E-state index in [0.29, 0.717) is 19.0 Å². The first-order valence-corrected chi connectivity index (χ1v) is 10.1. The molecule has 4 heterocycles. The smallest absolute Gasteiger partial charge is 0.246 e. The minimum atomic E-state index is -0.0278. The number of anilines is 1. The topological polar surface area (TPSA) is 86.8 Å². The van der Waals surface area contributed by atoms with Crippen LogP contribution >= 0.6 is 0 Å². The minimum absolute atomic E-state index is 0.00980. The number of rotatable bonds is 3. The van der Waals surface area contributed by atoms with Gasteiger partial charge in [0.15, 0.2) is 5.82 Å². The SMILES string of the molecule is C[C@H]1c2ccccc2O[C@H]1Cn1nnnc1N1CCn2c(nnc2C(C)(C)C)C1. The average Bonchev–Trinajstić information content (AvgIpc) is 3.39. The number of hydrogen-bond donors (Lipinski definition) is 0. The molecule has 2 aromatic heterocycles. The highest BCUT2D eigenvalue weighted by Gasteiger charge is 2.33. The molecule has 0 unspecified atom stereocenters. The van der Waals surface area contributed by atoms with Crippen molar-refractivity contribution in [3.05, 3.63) is 41.5 Å². The van der Waals surface area contributed by atoms with Crippen LogP contribution in [0.3, 0.4) is 0 Å². The molecule has 2 atom stereocenters. The van der Waals surface area contributed by atoms with Gasteiger partial charge in [0.1, 0.15) is 17.7 Å². The van der Waals surface area contributed by atoms with E-state index in [0.717, 1.165) is 36.4 Å². The molecule has 1 aromatic carbocycles. The van der Waals surface area contributed by atoms with Crippen LogP contribution in [-0.4, -0.2) is 47.6 Å². The van der Waals surface area contributed by atoms with Gasteiger partial charge in [-0.25, -0.2) is 4.68 Å². The Labute approximate surface area is 169 Å². The summed E-state index contributed by atoms with van der Waals surface area (Å²) in [4.78, 5) is 2.17. The standard InChI is InChI=1S/C20H26N8O/c1-13-14-7-5-6-8-15(14)29-16(13)11-28-19(23-24-25-28)26-9-10-27-17(12-26)21-22-18(27)20(2,3)4/h5-8,13,16H,9-12H2,1-4H3/t13-,16-/m0/s1. The molecule has 0 fully saturated rings. The van der Waals surface area contributed by atoms with Crippen molar-refractivity contribution < 1.29 is 4.74 Å². The Balaban J connectivity index is 1.35. The van der Waals surface area contributed by atoms with E-state index in [1.54, 1.807) is 0 Å². The number of benzene rings is 1. The maximum absolute atomic E-state index is 6.17. The summed E-state index contributed by atoms with van der Waals surface area (Å²) in [7, 11) is 0. The van der Waals surface area contributed by atoms with E-state index in [9.17, 15) is 0 Å². The van der Waals surface area contributed by atoms with E-state index >= 15 is 0 Å². The quantitative estimate of drug-likeness (QED) is 0.673. The first-order valence-electron chi connectivity index (χ1n) is 10.1. The Kier molecular flexibility index (Phi) is 4.07. The molecule has 0 aliphatic carbocycles. The number of hydrogen-bond acceptors (Lipinski definition) is 7. The van der Waals surface area contributed by atoms with Gasteiger partial charge in [-0.1, -0.05) is 51.0 Å². The zero-order chi connectivity index (χ0) is 20.2. The third-order valence-corrected chi connectivity index (χ3v) is 5.82. The predicted molar refractivity (Wildman–Crippen MR) is 107 cm³/mol. The van der Waals surface area contributed by atoms with Gasteiger partial charge in [-0.2, -0.15) is 0 Å². The summed E-state index contributed by atoms with van der Waals surface area (Å²) >= 11 is 0. The summed E-state index contributed by atoms with van der Waals surface area (Å²) in [5, 5.41) is 21.3. The molecule has 0 bridgehead atoms. The van der Waals surface area contributed by atoms with Gasteiger partial charge in [0.05, 0.1) is 13.1 Å². The molecular weight excluding hydrogens is 368 g/mol. The van der Waals surface area contributed by atoms with Crippen LogP contribution in [0.1, 0.15) is 50.8 Å². The first-order chi connectivity index (χ1) is 13.9. The highest BCUT2D eigenvalue weighted by molar-refractivity contribution is 5.40. The van der Waals surface area contributed by atoms with Crippen molar-refractivity contribution in [1.82, 2.24) is 35.0 Å². The Morgan fingerprint density at radius 1 is 1.10 bits per heavy atom. The van der Waals surface area contributed by atoms with Crippen LogP contribution in [0.2, 0.25) is 0 Å². The van der Waals surface area contributed by atoms with Crippen molar-refractivity contribution in [2.75, 3.05) is 11.4 Å². The van der Waals surface area contributed by atoms with Gasteiger partial charge in [-0.05, 0) is 16.5 Å². The lowest BCUT2D eigenvalue weighted by molar-refractivity contribution is 0.182. The average molecular weight is 394 g/mol. The van der Waals surface area contributed by atoms with Crippen molar-refractivity contribution in [3.63, 3.8) is 0 Å². The van der Waals surface area contributed by atoms with E-state index < -0.39 is 0 Å². The van der Waals surface area contributed by atoms with Gasteiger partial charge in [0.2, 0.25) is 5.95 Å². The molecule has 5 rings (SSSR count). The molecule has 29 heavy (non-hydrogen) atoms. The van der Waals surface area contributed by atoms with Crippen LogP contribution in [0.5, 0.6) is 5.75 Å². The highest BCUT2D eigenvalue weighted by Crippen LogP contribution is 2.38. The van der Waals surface area contributed by atoms with Crippen molar-refractivity contribution in [2.24, 2.45) is 0 Å². The van der Waals surface area contributed by atoms with Gasteiger partial charge in [-0.3, -0.25) is 0 Å². The monoisotopic (exact) mass is 394 g/mol. The van der Waals surface area contributed by atoms with Crippen LogP contribution < -0.4 is 9.64 Å². The van der Waals surface area contributed by atoms with Gasteiger partial charge < -0.3 is 14.2 Å². The van der Waals surface area contributed by atoms with E-state index in [-0.39, 0.29) is 11.5 Å². The number of nitrogens with zero attached hydrogens (tertiary/aromatic N) is 8. The minimum Gasteiger partial charge on any atom is -0.488 e. The summed E-state index contributed by atoms with van der Waals surface area (Å²) in [6.07, 6.45) is 0.00980. The van der Waals surface area contributed by atoms with Crippen LogP contribution in [0.15, 0.2) is 24.3 Å². The second kappa shape index (κ2) is 6.53. The van der Waals surface area contributed by atoms with Crippen LogP contribution in [-0.2, 0) is 25.0 Å². The van der Waals surface area contributed by atoms with Gasteiger partial charge >= 0.3 is 0 Å². The largest absolute Gasteiger partial charge is 0.488 e. The molecule has 0 saturated carbocycles. The Bertz CT molecular complexity index is 1030. The third kappa shape index (κ3) is 3.04. The van der Waals surface area contributed by atoms with Gasteiger partial charge in [0.25, 0.3) is 0 Å². The second-order valence-corrected chi connectivity index (χ2v) is 8.91. The lowest BCUT2D eigenvalue weighted by Gasteiger charge is -2.30. The van der Waals surface area contributed by atoms with Crippen molar-refractivity contribution in [1.29, 1.82) is 0 Å². The van der Waals surface area contributed by atoms with Crippen LogP contribution in [0, 0.1) is 0 Å². The van der Waals surface area contributed by atoms with Crippen molar-refractivity contribution in [3.8, 4) is 5.75 Å². The zero-order valence-corrected chi connectivity index (χ0v) is 17.3. The number of fused-ring (bicyclic) bond motifs is 2. The highest BCUT2D eigenvalue weighted by atomic mass is 16.5. The Morgan fingerprint density at radius 3 is 2.72 bits per heavy atom. The molecule has 3 aromatic rings. The summed E-state index contributed by atoms with van der Waals surface area (Å²) in [5.74, 6) is 3.98. The molecule has 0 radical (unpaired) electrons. The maximum atomic E-state index is 6.17. The first kappa shape index (κ1) is 18.1. The summed E-state index contributed by atoms with van der Waals surface area (Å²) in [6.45, 7) is 11.6. The van der Waals surface area contributed by atoms with Crippen LogP contribution in [0.4, 0.5) is 5.95 Å². The second-order valence-electron chi connectivity index (χ2n) is 8.91. The lowest BCUT2D eigenvalue weighted by Crippen LogP contribution is -2.38. The van der Waals surface area contributed by atoms with E-state index in [2.05, 4.69) is 75.0 Å². The summed E-state index contributed by atoms with van der Waals surface area (Å²) in [6, 6.07) is 8.22. The normalized spacial score (nSPS) is 21.0. The number of para-hydroxylation sites is 1. The van der Waals surface area contributed by atoms with Crippen molar-refractivity contribution >= 4 is 5.95 Å². The molecule has 152 valence electrons. The molecule has 0 N–H and O–H groups in total. The molecule has 2 aliphatic rings. The third-order valence-electron chi connectivity index (χ3n) is 5.82.